The van der Waals surface area contributed by atoms with Crippen LogP contribution < -0.4 is 11.1 Å². The highest BCUT2D eigenvalue weighted by atomic mass is 32.2. The molecule has 0 amide bonds. The summed E-state index contributed by atoms with van der Waals surface area (Å²) in [4.78, 5) is 0. The van der Waals surface area contributed by atoms with Crippen LogP contribution in [0.3, 0.4) is 0 Å². The molecule has 0 spiro atoms. The van der Waals surface area contributed by atoms with E-state index >= 15 is 0 Å². The number of hydrogen-bond donors (Lipinski definition) is 4. The average Bonchev–Trinajstić information content (AvgIpc) is 2.91. The van der Waals surface area contributed by atoms with Gasteiger partial charge in [0.25, 0.3) is 0 Å². The largest absolute Gasteiger partial charge is 0.389 e. The Morgan fingerprint density at radius 2 is 1.95 bits per heavy atom. The lowest BCUT2D eigenvalue weighted by molar-refractivity contribution is 0.0629. The van der Waals surface area contributed by atoms with Gasteiger partial charge in [0.2, 0.25) is 0 Å². The smallest absolute Gasteiger partial charge is 0.101 e. The number of fused-ring (bicyclic) bond motifs is 1. The molecule has 2 unspecified atom stereocenters. The van der Waals surface area contributed by atoms with Gasteiger partial charge in [-0.2, -0.15) is 11.8 Å². The fraction of sp³-hybridized carbons (Fsp3) is 0.800. The van der Waals surface area contributed by atoms with Crippen molar-refractivity contribution in [2.24, 2.45) is 23.5 Å². The first kappa shape index (κ1) is 15.7. The Hall–Kier alpha value is -0.680. The summed E-state index contributed by atoms with van der Waals surface area (Å²) in [6.07, 6.45) is 5.95. The van der Waals surface area contributed by atoms with Crippen molar-refractivity contribution in [3.63, 3.8) is 0 Å². The van der Waals surface area contributed by atoms with Crippen LogP contribution in [0, 0.1) is 23.2 Å². The summed E-state index contributed by atoms with van der Waals surface area (Å²) in [5, 5.41) is 21.8. The Balaban J connectivity index is 1.98. The molecule has 2 fully saturated rings. The molecule has 2 atom stereocenters. The van der Waals surface area contributed by atoms with Crippen LogP contribution in [0.1, 0.15) is 32.6 Å². The highest BCUT2D eigenvalue weighted by Crippen LogP contribution is 2.52. The predicted octanol–water partition coefficient (Wildman–Crippen LogP) is 1.95. The maximum absolute atomic E-state index is 10.5. The van der Waals surface area contributed by atoms with E-state index in [0.717, 1.165) is 37.0 Å². The van der Waals surface area contributed by atoms with E-state index in [1.54, 1.807) is 18.8 Å². The maximum Gasteiger partial charge on any atom is 0.101 e. The summed E-state index contributed by atoms with van der Waals surface area (Å²) in [5.41, 5.74) is 6.96. The van der Waals surface area contributed by atoms with Gasteiger partial charge in [-0.3, -0.25) is 0 Å². The molecule has 5 heteroatoms. The third kappa shape index (κ3) is 2.98. The van der Waals surface area contributed by atoms with Gasteiger partial charge in [-0.1, -0.05) is 0 Å². The van der Waals surface area contributed by atoms with E-state index < -0.39 is 5.60 Å². The van der Waals surface area contributed by atoms with Gasteiger partial charge in [0, 0.05) is 30.0 Å². The van der Waals surface area contributed by atoms with E-state index in [1.807, 2.05) is 6.92 Å². The van der Waals surface area contributed by atoms with Crippen LogP contribution in [-0.2, 0) is 0 Å². The SMILES string of the molecule is CN/C(N)=C(/C)C(=N)C1CC2CC(O)(CSC)CC2C1. The zero-order valence-electron chi connectivity index (χ0n) is 12.7. The van der Waals surface area contributed by atoms with E-state index in [0.29, 0.717) is 29.3 Å². The number of aliphatic hydroxyl groups is 1. The molecule has 0 aromatic heterocycles. The Bertz CT molecular complexity index is 407. The molecule has 114 valence electrons. The van der Waals surface area contributed by atoms with Crippen molar-refractivity contribution < 1.29 is 5.11 Å². The van der Waals surface area contributed by atoms with E-state index in [1.165, 1.54) is 0 Å². The van der Waals surface area contributed by atoms with Crippen LogP contribution >= 0.6 is 11.8 Å². The molecule has 0 heterocycles. The molecule has 2 saturated carbocycles. The fourth-order valence-corrected chi connectivity index (χ4v) is 4.81. The highest BCUT2D eigenvalue weighted by molar-refractivity contribution is 7.98. The van der Waals surface area contributed by atoms with Gasteiger partial charge in [0.1, 0.15) is 5.82 Å². The number of nitrogens with two attached hydrogens (primary N) is 1. The number of allylic oxidation sites excluding steroid dienone is 1. The van der Waals surface area contributed by atoms with Crippen molar-refractivity contribution in [1.29, 1.82) is 5.41 Å². The number of thioether (sulfide) groups is 1. The molecule has 0 aromatic rings. The van der Waals surface area contributed by atoms with Crippen LogP contribution in [0.15, 0.2) is 11.4 Å². The lowest BCUT2D eigenvalue weighted by Crippen LogP contribution is -2.29. The molecule has 0 saturated heterocycles. The minimum absolute atomic E-state index is 0.315. The molecule has 20 heavy (non-hydrogen) atoms. The summed E-state index contributed by atoms with van der Waals surface area (Å²) in [6.45, 7) is 1.92. The molecule has 2 rings (SSSR count). The highest BCUT2D eigenvalue weighted by Gasteiger charge is 2.49. The van der Waals surface area contributed by atoms with Gasteiger partial charge in [-0.25, -0.2) is 0 Å². The summed E-state index contributed by atoms with van der Waals surface area (Å²) in [6, 6.07) is 0. The first-order valence-electron chi connectivity index (χ1n) is 7.34. The van der Waals surface area contributed by atoms with Crippen LogP contribution in [0.2, 0.25) is 0 Å². The zero-order valence-corrected chi connectivity index (χ0v) is 13.5. The van der Waals surface area contributed by atoms with Gasteiger partial charge in [-0.05, 0) is 50.7 Å². The van der Waals surface area contributed by atoms with E-state index in [-0.39, 0.29) is 0 Å². The molecule has 0 aromatic carbocycles. The lowest BCUT2D eigenvalue weighted by Gasteiger charge is -2.24. The van der Waals surface area contributed by atoms with Crippen molar-refractivity contribution in [1.82, 2.24) is 5.32 Å². The van der Waals surface area contributed by atoms with Crippen molar-refractivity contribution in [2.45, 2.75) is 38.2 Å². The fourth-order valence-electron chi connectivity index (χ4n) is 4.03. The standard InChI is InChI=1S/C15H27N3OS/c1-9(14(17)18-2)13(16)10-4-11-6-15(19,8-20-3)7-12(11)5-10/h10-12,16,18-19H,4-8,17H2,1-3H3/b14-9-,16-13?. The molecule has 0 aliphatic heterocycles. The second-order valence-electron chi connectivity index (χ2n) is 6.46. The Labute approximate surface area is 126 Å². The first-order chi connectivity index (χ1) is 9.40. The number of rotatable bonds is 5. The van der Waals surface area contributed by atoms with E-state index in [9.17, 15) is 5.11 Å². The third-order valence-corrected chi connectivity index (χ3v) is 5.85. The molecule has 2 aliphatic carbocycles. The van der Waals surface area contributed by atoms with E-state index in [4.69, 9.17) is 11.1 Å². The normalized spacial score (nSPS) is 37.5. The second kappa shape index (κ2) is 5.98. The topological polar surface area (TPSA) is 82.1 Å². The van der Waals surface area contributed by atoms with Crippen molar-refractivity contribution >= 4 is 17.5 Å². The summed E-state index contributed by atoms with van der Waals surface area (Å²) in [5.74, 6) is 2.93. The van der Waals surface area contributed by atoms with E-state index in [2.05, 4.69) is 11.6 Å². The minimum atomic E-state index is -0.462. The Kier molecular flexibility index (Phi) is 4.69. The van der Waals surface area contributed by atoms with Crippen molar-refractivity contribution in [3.8, 4) is 0 Å². The number of hydrogen-bond acceptors (Lipinski definition) is 5. The maximum atomic E-state index is 10.5. The average molecular weight is 297 g/mol. The van der Waals surface area contributed by atoms with Crippen molar-refractivity contribution in [2.75, 3.05) is 19.1 Å². The molecule has 4 nitrogen and oxygen atoms in total. The van der Waals surface area contributed by atoms with Gasteiger partial charge < -0.3 is 21.6 Å². The lowest BCUT2D eigenvalue weighted by atomic mass is 9.90. The summed E-state index contributed by atoms with van der Waals surface area (Å²) >= 11 is 1.73. The minimum Gasteiger partial charge on any atom is -0.389 e. The third-order valence-electron chi connectivity index (χ3n) is 5.02. The first-order valence-corrected chi connectivity index (χ1v) is 8.74. The van der Waals surface area contributed by atoms with Gasteiger partial charge in [0.15, 0.2) is 0 Å². The van der Waals surface area contributed by atoms with Crippen LogP contribution in [0.4, 0.5) is 0 Å². The molecule has 0 bridgehead atoms. The van der Waals surface area contributed by atoms with Gasteiger partial charge in [0.05, 0.1) is 5.60 Å². The zero-order chi connectivity index (χ0) is 14.9. The predicted molar refractivity (Wildman–Crippen MR) is 85.9 cm³/mol. The Morgan fingerprint density at radius 1 is 1.40 bits per heavy atom. The second-order valence-corrected chi connectivity index (χ2v) is 7.32. The molecular weight excluding hydrogens is 270 g/mol. The quantitative estimate of drug-likeness (QED) is 0.585. The Morgan fingerprint density at radius 3 is 2.40 bits per heavy atom. The van der Waals surface area contributed by atoms with Crippen molar-refractivity contribution in [3.05, 3.63) is 11.4 Å². The number of nitrogens with one attached hydrogen (secondary N) is 2. The molecule has 2 aliphatic rings. The van der Waals surface area contributed by atoms with Crippen LogP contribution in [0.5, 0.6) is 0 Å². The molecular formula is C15H27N3OS. The van der Waals surface area contributed by atoms with Crippen LogP contribution in [0.25, 0.3) is 0 Å². The van der Waals surface area contributed by atoms with Gasteiger partial charge in [-0.15, -0.1) is 0 Å². The molecule has 5 N–H and O–H groups in total. The summed E-state index contributed by atoms with van der Waals surface area (Å²) in [7, 11) is 1.79. The molecule has 0 radical (unpaired) electrons. The van der Waals surface area contributed by atoms with Crippen LogP contribution in [-0.4, -0.2) is 35.5 Å². The van der Waals surface area contributed by atoms with Gasteiger partial charge >= 0.3 is 0 Å². The summed E-state index contributed by atoms with van der Waals surface area (Å²) < 4.78 is 0. The monoisotopic (exact) mass is 297 g/mol.